The zero-order valence-electron chi connectivity index (χ0n) is 9.25. The summed E-state index contributed by atoms with van der Waals surface area (Å²) >= 11 is 5.73. The third-order valence-electron chi connectivity index (χ3n) is 1.95. The normalized spacial score (nSPS) is 9.88. The molecule has 0 radical (unpaired) electrons. The van der Waals surface area contributed by atoms with E-state index in [1.165, 1.54) is 20.1 Å². The number of rotatable bonds is 4. The summed E-state index contributed by atoms with van der Waals surface area (Å²) in [4.78, 5) is 22.9. The van der Waals surface area contributed by atoms with E-state index in [0.717, 1.165) is 6.07 Å². The second-order valence-electron chi connectivity index (χ2n) is 2.99. The molecule has 0 aliphatic rings. The van der Waals surface area contributed by atoms with Crippen LogP contribution in [-0.2, 0) is 9.53 Å². The van der Waals surface area contributed by atoms with Crippen molar-refractivity contribution in [1.82, 2.24) is 0 Å². The van der Waals surface area contributed by atoms with Gasteiger partial charge < -0.3 is 9.47 Å². The van der Waals surface area contributed by atoms with Crippen LogP contribution in [0.4, 0.5) is 4.39 Å². The molecule has 0 saturated heterocycles. The Labute approximate surface area is 102 Å². The van der Waals surface area contributed by atoms with Crippen molar-refractivity contribution in [2.75, 3.05) is 13.7 Å². The van der Waals surface area contributed by atoms with Crippen molar-refractivity contribution in [3.05, 3.63) is 28.5 Å². The Morgan fingerprint density at radius 3 is 2.59 bits per heavy atom. The first-order valence-electron chi connectivity index (χ1n) is 4.76. The van der Waals surface area contributed by atoms with Gasteiger partial charge in [-0.15, -0.1) is 0 Å². The lowest BCUT2D eigenvalue weighted by atomic mass is 10.1. The average Bonchev–Trinajstić information content (AvgIpc) is 2.31. The number of hydrogen-bond donors (Lipinski definition) is 0. The molecule has 0 N–H and O–H groups in total. The summed E-state index contributed by atoms with van der Waals surface area (Å²) in [5.41, 5.74) is -0.515. The third kappa shape index (κ3) is 2.74. The molecular formula is C11H10ClFO4. The Morgan fingerprint density at radius 1 is 1.41 bits per heavy atom. The standard InChI is InChI=1S/C11H10ClFO4/c1-3-17-11(15)9(14)8-7(13)5-4-6(12)10(8)16-2/h4-5H,3H2,1-2H3. The molecule has 0 fully saturated rings. The molecule has 0 spiro atoms. The summed E-state index contributed by atoms with van der Waals surface area (Å²) in [6.45, 7) is 1.56. The predicted molar refractivity (Wildman–Crippen MR) is 58.9 cm³/mol. The van der Waals surface area contributed by atoms with Gasteiger partial charge in [0.2, 0.25) is 0 Å². The maximum absolute atomic E-state index is 13.5. The summed E-state index contributed by atoms with van der Waals surface area (Å²) in [6, 6.07) is 2.22. The number of carbonyl (C=O) groups excluding carboxylic acids is 2. The molecule has 1 rings (SSSR count). The third-order valence-corrected chi connectivity index (χ3v) is 2.25. The van der Waals surface area contributed by atoms with Gasteiger partial charge in [0.15, 0.2) is 5.75 Å². The highest BCUT2D eigenvalue weighted by molar-refractivity contribution is 6.42. The van der Waals surface area contributed by atoms with Gasteiger partial charge in [-0.1, -0.05) is 11.6 Å². The number of methoxy groups -OCH3 is 1. The minimum absolute atomic E-state index is 0.0229. The Kier molecular flexibility index (Phi) is 4.45. The van der Waals surface area contributed by atoms with Crippen molar-refractivity contribution in [2.24, 2.45) is 0 Å². The average molecular weight is 261 g/mol. The molecule has 0 heterocycles. The molecule has 1 aromatic carbocycles. The van der Waals surface area contributed by atoms with Crippen LogP contribution in [0.15, 0.2) is 12.1 Å². The van der Waals surface area contributed by atoms with Crippen LogP contribution in [0.5, 0.6) is 5.75 Å². The van der Waals surface area contributed by atoms with Gasteiger partial charge in [-0.3, -0.25) is 4.79 Å². The minimum atomic E-state index is -1.15. The van der Waals surface area contributed by atoms with Gasteiger partial charge >= 0.3 is 5.97 Å². The van der Waals surface area contributed by atoms with Crippen molar-refractivity contribution >= 4 is 23.4 Å². The van der Waals surface area contributed by atoms with Gasteiger partial charge in [0.1, 0.15) is 11.4 Å². The van der Waals surface area contributed by atoms with Gasteiger partial charge in [-0.25, -0.2) is 9.18 Å². The molecule has 0 atom stereocenters. The fraction of sp³-hybridized carbons (Fsp3) is 0.273. The number of halogens is 2. The number of esters is 1. The molecule has 17 heavy (non-hydrogen) atoms. The molecule has 0 aliphatic carbocycles. The largest absolute Gasteiger partial charge is 0.494 e. The first-order chi connectivity index (χ1) is 8.02. The van der Waals surface area contributed by atoms with Crippen molar-refractivity contribution in [3.8, 4) is 5.75 Å². The van der Waals surface area contributed by atoms with Crippen molar-refractivity contribution in [3.63, 3.8) is 0 Å². The summed E-state index contributed by atoms with van der Waals surface area (Å²) in [7, 11) is 1.22. The number of Topliss-reactive ketones (excluding diaryl/α,β-unsaturated/α-hetero) is 1. The highest BCUT2D eigenvalue weighted by Gasteiger charge is 2.27. The van der Waals surface area contributed by atoms with Crippen LogP contribution in [0.1, 0.15) is 17.3 Å². The first kappa shape index (κ1) is 13.4. The fourth-order valence-corrected chi connectivity index (χ4v) is 1.48. The Bertz CT molecular complexity index is 459. The van der Waals surface area contributed by atoms with E-state index in [0.29, 0.717) is 0 Å². The smallest absolute Gasteiger partial charge is 0.379 e. The molecule has 0 saturated carbocycles. The molecule has 1 aromatic rings. The lowest BCUT2D eigenvalue weighted by molar-refractivity contribution is -0.137. The van der Waals surface area contributed by atoms with Crippen molar-refractivity contribution < 1.29 is 23.5 Å². The van der Waals surface area contributed by atoms with Gasteiger partial charge in [-0.2, -0.15) is 0 Å². The van der Waals surface area contributed by atoms with E-state index in [1.807, 2.05) is 0 Å². The van der Waals surface area contributed by atoms with Crippen LogP contribution < -0.4 is 4.74 Å². The monoisotopic (exact) mass is 260 g/mol. The zero-order valence-corrected chi connectivity index (χ0v) is 10.0. The second kappa shape index (κ2) is 5.63. The number of ether oxygens (including phenoxy) is 2. The topological polar surface area (TPSA) is 52.6 Å². The van der Waals surface area contributed by atoms with Crippen LogP contribution in [0.2, 0.25) is 5.02 Å². The molecule has 0 unspecified atom stereocenters. The van der Waals surface area contributed by atoms with Gasteiger partial charge in [0, 0.05) is 0 Å². The lowest BCUT2D eigenvalue weighted by Crippen LogP contribution is -2.19. The first-order valence-corrected chi connectivity index (χ1v) is 5.14. The van der Waals surface area contributed by atoms with E-state index in [4.69, 9.17) is 16.3 Å². The van der Waals surface area contributed by atoms with Crippen molar-refractivity contribution in [1.29, 1.82) is 0 Å². The van der Waals surface area contributed by atoms with E-state index in [9.17, 15) is 14.0 Å². The summed E-state index contributed by atoms with van der Waals surface area (Å²) < 4.78 is 22.8. The van der Waals surface area contributed by atoms with Crippen LogP contribution >= 0.6 is 11.6 Å². The SMILES string of the molecule is CCOC(=O)C(=O)c1c(F)ccc(Cl)c1OC. The molecule has 92 valence electrons. The highest BCUT2D eigenvalue weighted by atomic mass is 35.5. The second-order valence-corrected chi connectivity index (χ2v) is 3.39. The van der Waals surface area contributed by atoms with Crippen molar-refractivity contribution in [2.45, 2.75) is 6.92 Å². The molecule has 4 nitrogen and oxygen atoms in total. The van der Waals surface area contributed by atoms with Gasteiger partial charge in [0.05, 0.1) is 18.7 Å². The number of carbonyl (C=O) groups is 2. The quantitative estimate of drug-likeness (QED) is 0.473. The van der Waals surface area contributed by atoms with Crippen LogP contribution in [-0.4, -0.2) is 25.5 Å². The molecule has 0 aliphatic heterocycles. The molecule has 0 amide bonds. The predicted octanol–water partition coefficient (Wildman–Crippen LogP) is 2.23. The van der Waals surface area contributed by atoms with E-state index in [-0.39, 0.29) is 17.4 Å². The fourth-order valence-electron chi connectivity index (χ4n) is 1.24. The van der Waals surface area contributed by atoms with Crippen LogP contribution in [0.3, 0.4) is 0 Å². The highest BCUT2D eigenvalue weighted by Crippen LogP contribution is 2.31. The maximum Gasteiger partial charge on any atom is 0.379 e. The maximum atomic E-state index is 13.5. The zero-order chi connectivity index (χ0) is 13.0. The van der Waals surface area contributed by atoms with E-state index >= 15 is 0 Å². The number of ketones is 1. The van der Waals surface area contributed by atoms with Crippen LogP contribution in [0.25, 0.3) is 0 Å². The Balaban J connectivity index is 3.25. The molecular weight excluding hydrogens is 251 g/mol. The summed E-state index contributed by atoms with van der Waals surface area (Å²) in [5.74, 6) is -3.33. The Morgan fingerprint density at radius 2 is 2.06 bits per heavy atom. The molecule has 0 bridgehead atoms. The lowest BCUT2D eigenvalue weighted by Gasteiger charge is -2.09. The molecule has 6 heteroatoms. The van der Waals surface area contributed by atoms with E-state index in [1.54, 1.807) is 0 Å². The van der Waals surface area contributed by atoms with E-state index < -0.39 is 23.1 Å². The molecule has 0 aromatic heterocycles. The minimum Gasteiger partial charge on any atom is -0.494 e. The van der Waals surface area contributed by atoms with Gasteiger partial charge in [-0.05, 0) is 19.1 Å². The Hall–Kier alpha value is -1.62. The number of benzene rings is 1. The van der Waals surface area contributed by atoms with E-state index in [2.05, 4.69) is 4.74 Å². The van der Waals surface area contributed by atoms with Gasteiger partial charge in [0.25, 0.3) is 5.78 Å². The summed E-state index contributed by atoms with van der Waals surface area (Å²) in [6.07, 6.45) is 0. The van der Waals surface area contributed by atoms with Crippen LogP contribution in [0, 0.1) is 5.82 Å². The number of hydrogen-bond acceptors (Lipinski definition) is 4. The summed E-state index contributed by atoms with van der Waals surface area (Å²) in [5, 5.41) is 0.0431.